The lowest BCUT2D eigenvalue weighted by molar-refractivity contribution is -0.120. The van der Waals surface area contributed by atoms with Crippen LogP contribution in [-0.2, 0) is 4.79 Å². The van der Waals surface area contributed by atoms with Crippen LogP contribution >= 0.6 is 0 Å². The minimum Gasteiger partial charge on any atom is -0.355 e. The maximum absolute atomic E-state index is 13.1. The molecule has 0 fully saturated rings. The number of carbonyl (C=O) groups is 1. The summed E-state index contributed by atoms with van der Waals surface area (Å²) >= 11 is 0. The number of rotatable bonds is 7. The van der Waals surface area contributed by atoms with Crippen molar-refractivity contribution in [3.8, 4) is 0 Å². The molecule has 0 heterocycles. The van der Waals surface area contributed by atoms with Gasteiger partial charge in [-0.3, -0.25) is 4.79 Å². The van der Waals surface area contributed by atoms with Gasteiger partial charge in [0.15, 0.2) is 0 Å². The lowest BCUT2D eigenvalue weighted by Gasteiger charge is -2.14. The molecule has 0 aliphatic heterocycles. The van der Waals surface area contributed by atoms with Crippen LogP contribution < -0.4 is 10.6 Å². The van der Waals surface area contributed by atoms with E-state index < -0.39 is 0 Å². The Labute approximate surface area is 114 Å². The van der Waals surface area contributed by atoms with E-state index in [0.717, 1.165) is 12.0 Å². The zero-order chi connectivity index (χ0) is 14.3. The van der Waals surface area contributed by atoms with E-state index in [4.69, 9.17) is 0 Å². The zero-order valence-corrected chi connectivity index (χ0v) is 11.9. The summed E-state index contributed by atoms with van der Waals surface area (Å²) in [4.78, 5) is 11.6. The molecular formula is C15H23FN2O. The Morgan fingerprint density at radius 2 is 2.05 bits per heavy atom. The van der Waals surface area contributed by atoms with Crippen molar-refractivity contribution >= 4 is 5.91 Å². The van der Waals surface area contributed by atoms with E-state index in [-0.39, 0.29) is 24.3 Å². The largest absolute Gasteiger partial charge is 0.355 e. The molecule has 4 heteroatoms. The van der Waals surface area contributed by atoms with Gasteiger partial charge in [-0.05, 0) is 37.0 Å². The van der Waals surface area contributed by atoms with Crippen molar-refractivity contribution in [2.45, 2.75) is 33.2 Å². The SMILES string of the molecule is CC(C)CCNC(=O)CN[C@@H](C)c1cccc(F)c1. The maximum Gasteiger partial charge on any atom is 0.233 e. The zero-order valence-electron chi connectivity index (χ0n) is 11.9. The Balaban J connectivity index is 2.30. The Kier molecular flexibility index (Phi) is 6.50. The third kappa shape index (κ3) is 6.34. The predicted octanol–water partition coefficient (Wildman–Crippen LogP) is 2.64. The number of halogens is 1. The van der Waals surface area contributed by atoms with Gasteiger partial charge in [0.1, 0.15) is 5.82 Å². The van der Waals surface area contributed by atoms with Gasteiger partial charge < -0.3 is 10.6 Å². The van der Waals surface area contributed by atoms with Crippen LogP contribution in [0.2, 0.25) is 0 Å². The summed E-state index contributed by atoms with van der Waals surface area (Å²) in [6, 6.07) is 6.36. The van der Waals surface area contributed by atoms with Crippen LogP contribution in [0.5, 0.6) is 0 Å². The van der Waals surface area contributed by atoms with Gasteiger partial charge in [0.05, 0.1) is 6.54 Å². The van der Waals surface area contributed by atoms with Crippen molar-refractivity contribution in [3.63, 3.8) is 0 Å². The van der Waals surface area contributed by atoms with E-state index in [9.17, 15) is 9.18 Å². The van der Waals surface area contributed by atoms with Gasteiger partial charge in [-0.2, -0.15) is 0 Å². The number of benzene rings is 1. The summed E-state index contributed by atoms with van der Waals surface area (Å²) in [6.07, 6.45) is 0.977. The van der Waals surface area contributed by atoms with E-state index in [2.05, 4.69) is 24.5 Å². The standard InChI is InChI=1S/C15H23FN2O/c1-11(2)7-8-17-15(19)10-18-12(3)13-5-4-6-14(16)9-13/h4-6,9,11-12,18H,7-8,10H2,1-3H3,(H,17,19)/t12-/m0/s1. The first-order valence-corrected chi connectivity index (χ1v) is 6.74. The van der Waals surface area contributed by atoms with Crippen LogP contribution in [-0.4, -0.2) is 19.0 Å². The van der Waals surface area contributed by atoms with Crippen LogP contribution in [0, 0.1) is 11.7 Å². The summed E-state index contributed by atoms with van der Waals surface area (Å²) in [5, 5.41) is 5.94. The Bertz CT molecular complexity index is 407. The second-order valence-corrected chi connectivity index (χ2v) is 5.19. The smallest absolute Gasteiger partial charge is 0.233 e. The van der Waals surface area contributed by atoms with Gasteiger partial charge in [0.2, 0.25) is 5.91 Å². The fraction of sp³-hybridized carbons (Fsp3) is 0.533. The van der Waals surface area contributed by atoms with Gasteiger partial charge in [-0.1, -0.05) is 26.0 Å². The second-order valence-electron chi connectivity index (χ2n) is 5.19. The van der Waals surface area contributed by atoms with Crippen molar-refractivity contribution in [2.24, 2.45) is 5.92 Å². The number of carbonyl (C=O) groups excluding carboxylic acids is 1. The molecule has 2 N–H and O–H groups in total. The van der Waals surface area contributed by atoms with Crippen LogP contribution in [0.25, 0.3) is 0 Å². The third-order valence-electron chi connectivity index (χ3n) is 2.96. The van der Waals surface area contributed by atoms with Crippen molar-refractivity contribution in [1.29, 1.82) is 0 Å². The summed E-state index contributed by atoms with van der Waals surface area (Å²) in [6.45, 7) is 7.10. The van der Waals surface area contributed by atoms with E-state index >= 15 is 0 Å². The topological polar surface area (TPSA) is 41.1 Å². The minimum atomic E-state index is -0.257. The molecule has 0 aliphatic rings. The highest BCUT2D eigenvalue weighted by atomic mass is 19.1. The quantitative estimate of drug-likeness (QED) is 0.796. The van der Waals surface area contributed by atoms with Crippen LogP contribution in [0.1, 0.15) is 38.8 Å². The first kappa shape index (κ1) is 15.6. The van der Waals surface area contributed by atoms with Gasteiger partial charge in [0.25, 0.3) is 0 Å². The third-order valence-corrected chi connectivity index (χ3v) is 2.96. The van der Waals surface area contributed by atoms with Crippen LogP contribution in [0.15, 0.2) is 24.3 Å². The molecular weight excluding hydrogens is 243 g/mol. The number of amides is 1. The van der Waals surface area contributed by atoms with E-state index in [0.29, 0.717) is 12.5 Å². The molecule has 1 atom stereocenters. The number of hydrogen-bond acceptors (Lipinski definition) is 2. The Morgan fingerprint density at radius 1 is 1.32 bits per heavy atom. The fourth-order valence-electron chi connectivity index (χ4n) is 1.70. The van der Waals surface area contributed by atoms with Crippen molar-refractivity contribution < 1.29 is 9.18 Å². The highest BCUT2D eigenvalue weighted by Gasteiger charge is 2.08. The highest BCUT2D eigenvalue weighted by molar-refractivity contribution is 5.77. The van der Waals surface area contributed by atoms with Crippen molar-refractivity contribution in [2.75, 3.05) is 13.1 Å². The first-order chi connectivity index (χ1) is 8.99. The second kappa shape index (κ2) is 7.89. The number of nitrogens with one attached hydrogen (secondary N) is 2. The average Bonchev–Trinajstić information content (AvgIpc) is 2.35. The first-order valence-electron chi connectivity index (χ1n) is 6.74. The monoisotopic (exact) mass is 266 g/mol. The molecule has 0 bridgehead atoms. The fourth-order valence-corrected chi connectivity index (χ4v) is 1.70. The molecule has 0 unspecified atom stereocenters. The highest BCUT2D eigenvalue weighted by Crippen LogP contribution is 2.12. The molecule has 0 spiro atoms. The van der Waals surface area contributed by atoms with E-state index in [1.54, 1.807) is 6.07 Å². The van der Waals surface area contributed by atoms with Crippen molar-refractivity contribution in [3.05, 3.63) is 35.6 Å². The van der Waals surface area contributed by atoms with E-state index in [1.165, 1.54) is 12.1 Å². The molecule has 0 aliphatic carbocycles. The summed E-state index contributed by atoms with van der Waals surface area (Å²) in [7, 11) is 0. The number of hydrogen-bond donors (Lipinski definition) is 2. The molecule has 1 aromatic carbocycles. The lowest BCUT2D eigenvalue weighted by Crippen LogP contribution is -2.35. The minimum absolute atomic E-state index is 0.0242. The molecule has 0 radical (unpaired) electrons. The van der Waals surface area contributed by atoms with Crippen LogP contribution in [0.3, 0.4) is 0 Å². The molecule has 3 nitrogen and oxygen atoms in total. The summed E-state index contributed by atoms with van der Waals surface area (Å²) < 4.78 is 13.1. The average molecular weight is 266 g/mol. The van der Waals surface area contributed by atoms with Crippen LogP contribution in [0.4, 0.5) is 4.39 Å². The molecule has 0 saturated carbocycles. The molecule has 1 aromatic rings. The van der Waals surface area contributed by atoms with Gasteiger partial charge in [-0.25, -0.2) is 4.39 Å². The predicted molar refractivity (Wildman–Crippen MR) is 75.3 cm³/mol. The Hall–Kier alpha value is -1.42. The van der Waals surface area contributed by atoms with Gasteiger partial charge >= 0.3 is 0 Å². The normalized spacial score (nSPS) is 12.5. The van der Waals surface area contributed by atoms with Gasteiger partial charge in [-0.15, -0.1) is 0 Å². The van der Waals surface area contributed by atoms with Gasteiger partial charge in [0, 0.05) is 12.6 Å². The van der Waals surface area contributed by atoms with E-state index in [1.807, 2.05) is 13.0 Å². The van der Waals surface area contributed by atoms with Crippen molar-refractivity contribution in [1.82, 2.24) is 10.6 Å². The Morgan fingerprint density at radius 3 is 2.68 bits per heavy atom. The summed E-state index contributed by atoms with van der Waals surface area (Å²) in [5.74, 6) is 0.302. The summed E-state index contributed by atoms with van der Waals surface area (Å²) in [5.41, 5.74) is 0.843. The molecule has 0 aromatic heterocycles. The molecule has 106 valence electrons. The molecule has 0 saturated heterocycles. The molecule has 1 amide bonds. The maximum atomic E-state index is 13.1. The molecule has 1 rings (SSSR count). The molecule has 19 heavy (non-hydrogen) atoms. The lowest BCUT2D eigenvalue weighted by atomic mass is 10.1.